The smallest absolute Gasteiger partial charge is 0.228 e. The Labute approximate surface area is 131 Å². The van der Waals surface area contributed by atoms with Crippen molar-refractivity contribution < 1.29 is 9.59 Å². The van der Waals surface area contributed by atoms with Gasteiger partial charge in [-0.2, -0.15) is 0 Å². The Hall–Kier alpha value is -1.35. The Balaban J connectivity index is 2.13. The maximum absolute atomic E-state index is 12.5. The molecule has 0 radical (unpaired) electrons. The first-order valence-corrected chi connectivity index (χ1v) is 7.69. The van der Waals surface area contributed by atoms with E-state index in [2.05, 4.69) is 33.0 Å². The molecule has 0 fully saturated rings. The summed E-state index contributed by atoms with van der Waals surface area (Å²) in [4.78, 5) is 23.8. The van der Waals surface area contributed by atoms with E-state index < -0.39 is 0 Å². The van der Waals surface area contributed by atoms with E-state index in [1.165, 1.54) is 0 Å². The standard InChI is InChI=1S/C17H22ClNO2/c1-10(9-17(2,3)4)5-15(20)12-6-11-7-16(21)19-14(11)8-13(12)18/h6,8,10H,5,7,9H2,1-4H3,(H,19,21). The Morgan fingerprint density at radius 2 is 2.05 bits per heavy atom. The number of carbonyl (C=O) groups is 2. The van der Waals surface area contributed by atoms with E-state index in [0.29, 0.717) is 29.3 Å². The predicted molar refractivity (Wildman–Crippen MR) is 86.0 cm³/mol. The minimum atomic E-state index is -0.0493. The van der Waals surface area contributed by atoms with Crippen molar-refractivity contribution in [3.63, 3.8) is 0 Å². The first-order valence-electron chi connectivity index (χ1n) is 7.31. The van der Waals surface area contributed by atoms with E-state index in [9.17, 15) is 9.59 Å². The van der Waals surface area contributed by atoms with Crippen LogP contribution in [0.1, 0.15) is 56.5 Å². The number of hydrogen-bond acceptors (Lipinski definition) is 2. The molecule has 3 nitrogen and oxygen atoms in total. The summed E-state index contributed by atoms with van der Waals surface area (Å²) in [5, 5.41) is 3.16. The molecule has 0 aliphatic carbocycles. The fraction of sp³-hybridized carbons (Fsp3) is 0.529. The van der Waals surface area contributed by atoms with Gasteiger partial charge in [-0.05, 0) is 35.4 Å². The average molecular weight is 308 g/mol. The van der Waals surface area contributed by atoms with Crippen LogP contribution in [-0.4, -0.2) is 11.7 Å². The molecule has 114 valence electrons. The zero-order chi connectivity index (χ0) is 15.8. The summed E-state index contributed by atoms with van der Waals surface area (Å²) in [5.41, 5.74) is 2.32. The lowest BCUT2D eigenvalue weighted by Gasteiger charge is -2.22. The van der Waals surface area contributed by atoms with Gasteiger partial charge in [-0.3, -0.25) is 9.59 Å². The maximum atomic E-state index is 12.5. The molecule has 1 aliphatic heterocycles. The second-order valence-corrected chi connectivity index (χ2v) is 7.62. The Morgan fingerprint density at radius 3 is 2.67 bits per heavy atom. The van der Waals surface area contributed by atoms with E-state index >= 15 is 0 Å². The lowest BCUT2D eigenvalue weighted by Crippen LogP contribution is -2.14. The minimum Gasteiger partial charge on any atom is -0.325 e. The Kier molecular flexibility index (Phi) is 4.43. The molecule has 1 heterocycles. The highest BCUT2D eigenvalue weighted by atomic mass is 35.5. The number of carbonyl (C=O) groups excluding carboxylic acids is 2. The first kappa shape index (κ1) is 16.0. The van der Waals surface area contributed by atoms with Gasteiger partial charge in [0.25, 0.3) is 0 Å². The summed E-state index contributed by atoms with van der Waals surface area (Å²) in [5.74, 6) is 0.312. The molecule has 1 aromatic rings. The molecule has 0 aromatic heterocycles. The van der Waals surface area contributed by atoms with Crippen molar-refractivity contribution in [1.29, 1.82) is 0 Å². The van der Waals surface area contributed by atoms with Crippen molar-refractivity contribution in [2.75, 3.05) is 5.32 Å². The van der Waals surface area contributed by atoms with E-state index in [1.54, 1.807) is 12.1 Å². The molecule has 1 aromatic carbocycles. The SMILES string of the molecule is CC(CC(=O)c1cc2c(cc1Cl)NC(=O)C2)CC(C)(C)C. The van der Waals surface area contributed by atoms with Crippen LogP contribution in [0.15, 0.2) is 12.1 Å². The molecule has 1 unspecified atom stereocenters. The fourth-order valence-electron chi connectivity index (χ4n) is 3.01. The molecule has 1 amide bonds. The number of anilines is 1. The molecule has 4 heteroatoms. The van der Waals surface area contributed by atoms with Gasteiger partial charge >= 0.3 is 0 Å². The number of rotatable bonds is 4. The molecule has 21 heavy (non-hydrogen) atoms. The van der Waals surface area contributed by atoms with Crippen LogP contribution in [0, 0.1) is 11.3 Å². The van der Waals surface area contributed by atoms with Gasteiger partial charge in [0.05, 0.1) is 11.4 Å². The quantitative estimate of drug-likeness (QED) is 0.834. The number of benzene rings is 1. The summed E-state index contributed by atoms with van der Waals surface area (Å²) in [6, 6.07) is 3.45. The first-order chi connectivity index (χ1) is 9.65. The van der Waals surface area contributed by atoms with Crippen LogP contribution in [0.2, 0.25) is 5.02 Å². The zero-order valence-corrected chi connectivity index (χ0v) is 13.8. The highest BCUT2D eigenvalue weighted by Gasteiger charge is 2.24. The topological polar surface area (TPSA) is 46.2 Å². The molecule has 1 aliphatic rings. The Morgan fingerprint density at radius 1 is 1.38 bits per heavy atom. The highest BCUT2D eigenvalue weighted by Crippen LogP contribution is 2.32. The van der Waals surface area contributed by atoms with Crippen molar-refractivity contribution >= 4 is 29.0 Å². The number of hydrogen-bond donors (Lipinski definition) is 1. The van der Waals surface area contributed by atoms with Crippen LogP contribution in [0.5, 0.6) is 0 Å². The van der Waals surface area contributed by atoms with Crippen molar-refractivity contribution in [2.24, 2.45) is 11.3 Å². The maximum Gasteiger partial charge on any atom is 0.228 e. The molecular formula is C17H22ClNO2. The molecule has 1 N–H and O–H groups in total. The third kappa shape index (κ3) is 4.07. The third-order valence-electron chi connectivity index (χ3n) is 3.61. The number of fused-ring (bicyclic) bond motifs is 1. The van der Waals surface area contributed by atoms with Crippen LogP contribution in [0.3, 0.4) is 0 Å². The van der Waals surface area contributed by atoms with Gasteiger partial charge in [-0.1, -0.05) is 39.3 Å². The highest BCUT2D eigenvalue weighted by molar-refractivity contribution is 6.34. The number of Topliss-reactive ketones (excluding diaryl/α,β-unsaturated/α-hetero) is 1. The fourth-order valence-corrected chi connectivity index (χ4v) is 3.27. The second kappa shape index (κ2) is 5.80. The van der Waals surface area contributed by atoms with Crippen molar-refractivity contribution in [3.05, 3.63) is 28.3 Å². The average Bonchev–Trinajstić information content (AvgIpc) is 2.64. The Bertz CT molecular complexity index is 587. The summed E-state index contributed by atoms with van der Waals surface area (Å²) in [6.45, 7) is 8.62. The van der Waals surface area contributed by atoms with Crippen molar-refractivity contribution in [3.8, 4) is 0 Å². The minimum absolute atomic E-state index is 0.0493. The molecule has 0 spiro atoms. The van der Waals surface area contributed by atoms with Crippen molar-refractivity contribution in [1.82, 2.24) is 0 Å². The second-order valence-electron chi connectivity index (χ2n) is 7.21. The van der Waals surface area contributed by atoms with Gasteiger partial charge in [0.1, 0.15) is 0 Å². The van der Waals surface area contributed by atoms with Crippen LogP contribution in [0.4, 0.5) is 5.69 Å². The van der Waals surface area contributed by atoms with E-state index in [-0.39, 0.29) is 17.1 Å². The molecule has 1 atom stereocenters. The number of nitrogens with one attached hydrogen (secondary N) is 1. The largest absolute Gasteiger partial charge is 0.325 e. The summed E-state index contributed by atoms with van der Waals surface area (Å²) in [6.07, 6.45) is 1.79. The van der Waals surface area contributed by atoms with Gasteiger partial charge in [0.2, 0.25) is 5.91 Å². The summed E-state index contributed by atoms with van der Waals surface area (Å²) < 4.78 is 0. The van der Waals surface area contributed by atoms with E-state index in [1.807, 2.05) is 0 Å². The van der Waals surface area contributed by atoms with Gasteiger partial charge in [-0.15, -0.1) is 0 Å². The van der Waals surface area contributed by atoms with E-state index in [4.69, 9.17) is 11.6 Å². The summed E-state index contributed by atoms with van der Waals surface area (Å²) >= 11 is 6.19. The van der Waals surface area contributed by atoms with Gasteiger partial charge in [0, 0.05) is 17.7 Å². The normalized spacial score (nSPS) is 15.6. The summed E-state index contributed by atoms with van der Waals surface area (Å²) in [7, 11) is 0. The molecule has 2 rings (SSSR count). The predicted octanol–water partition coefficient (Wildman–Crippen LogP) is 4.48. The van der Waals surface area contributed by atoms with Gasteiger partial charge in [0.15, 0.2) is 5.78 Å². The van der Waals surface area contributed by atoms with Crippen LogP contribution in [0.25, 0.3) is 0 Å². The van der Waals surface area contributed by atoms with Crippen LogP contribution in [-0.2, 0) is 11.2 Å². The monoisotopic (exact) mass is 307 g/mol. The molecular weight excluding hydrogens is 286 g/mol. The third-order valence-corrected chi connectivity index (χ3v) is 3.93. The molecule has 0 saturated carbocycles. The van der Waals surface area contributed by atoms with Crippen molar-refractivity contribution in [2.45, 2.75) is 47.0 Å². The van der Waals surface area contributed by atoms with Crippen LogP contribution >= 0.6 is 11.6 Å². The number of amides is 1. The lowest BCUT2D eigenvalue weighted by molar-refractivity contribution is -0.115. The van der Waals surface area contributed by atoms with E-state index in [0.717, 1.165) is 17.7 Å². The zero-order valence-electron chi connectivity index (χ0n) is 13.0. The molecule has 0 saturated heterocycles. The van der Waals surface area contributed by atoms with Gasteiger partial charge < -0.3 is 5.32 Å². The van der Waals surface area contributed by atoms with Crippen LogP contribution < -0.4 is 5.32 Å². The number of halogens is 1. The lowest BCUT2D eigenvalue weighted by atomic mass is 9.83. The molecule has 0 bridgehead atoms. The van der Waals surface area contributed by atoms with Gasteiger partial charge in [-0.25, -0.2) is 0 Å². The number of ketones is 1.